The van der Waals surface area contributed by atoms with E-state index >= 15 is 0 Å². The minimum Gasteiger partial charge on any atom is -0.480 e. The van der Waals surface area contributed by atoms with Gasteiger partial charge in [0.15, 0.2) is 0 Å². The lowest BCUT2D eigenvalue weighted by Gasteiger charge is -2.02. The fourth-order valence-electron chi connectivity index (χ4n) is 0.969. The smallest absolute Gasteiger partial charge is 0.320 e. The molecule has 0 amide bonds. The summed E-state index contributed by atoms with van der Waals surface area (Å²) in [4.78, 5) is 10.2. The van der Waals surface area contributed by atoms with Gasteiger partial charge in [0.2, 0.25) is 0 Å². The molecule has 0 heterocycles. The largest absolute Gasteiger partial charge is 0.480 e. The van der Waals surface area contributed by atoms with Gasteiger partial charge in [0.25, 0.3) is 0 Å². The van der Waals surface area contributed by atoms with E-state index in [9.17, 15) is 4.79 Å². The van der Waals surface area contributed by atoms with E-state index in [1.54, 1.807) is 0 Å². The highest BCUT2D eigenvalue weighted by Crippen LogP contribution is 2.31. The summed E-state index contributed by atoms with van der Waals surface area (Å²) in [5, 5.41) is 8.38. The minimum atomic E-state index is -0.931. The molecule has 58 valence electrons. The molecule has 0 aromatic rings. The van der Waals surface area contributed by atoms with Crippen molar-refractivity contribution >= 4 is 5.97 Å². The third-order valence-electron chi connectivity index (χ3n) is 1.85. The third kappa shape index (κ3) is 1.68. The van der Waals surface area contributed by atoms with Crippen molar-refractivity contribution in [3.8, 4) is 0 Å². The summed E-state index contributed by atoms with van der Waals surface area (Å²) in [5.41, 5.74) is 10.7. The van der Waals surface area contributed by atoms with Gasteiger partial charge in [0, 0.05) is 6.04 Å². The number of nitrogens with two attached hydrogens (primary N) is 2. The van der Waals surface area contributed by atoms with Crippen LogP contribution in [0.15, 0.2) is 0 Å². The van der Waals surface area contributed by atoms with Crippen LogP contribution in [0, 0.1) is 5.92 Å². The molecule has 0 aliphatic heterocycles. The Morgan fingerprint density at radius 1 is 1.80 bits per heavy atom. The molecule has 1 rings (SSSR count). The molecule has 0 bridgehead atoms. The number of carboxylic acids is 1. The zero-order valence-corrected chi connectivity index (χ0v) is 5.66. The van der Waals surface area contributed by atoms with E-state index in [-0.39, 0.29) is 6.04 Å². The predicted molar refractivity (Wildman–Crippen MR) is 36.3 cm³/mol. The maximum atomic E-state index is 10.2. The number of hydrogen-bond donors (Lipinski definition) is 3. The lowest BCUT2D eigenvalue weighted by Crippen LogP contribution is -2.31. The highest BCUT2D eigenvalue weighted by atomic mass is 16.4. The van der Waals surface area contributed by atoms with Crippen LogP contribution in [-0.2, 0) is 4.79 Å². The lowest BCUT2D eigenvalue weighted by molar-refractivity contribution is -0.138. The van der Waals surface area contributed by atoms with Gasteiger partial charge >= 0.3 is 5.97 Å². The van der Waals surface area contributed by atoms with Crippen LogP contribution in [0.3, 0.4) is 0 Å². The Morgan fingerprint density at radius 2 is 2.30 bits per heavy atom. The molecular formula is C6H12N2O2. The van der Waals surface area contributed by atoms with Gasteiger partial charge in [-0.05, 0) is 18.8 Å². The van der Waals surface area contributed by atoms with Gasteiger partial charge in [0.1, 0.15) is 6.04 Å². The van der Waals surface area contributed by atoms with Gasteiger partial charge < -0.3 is 16.6 Å². The maximum absolute atomic E-state index is 10.2. The molecule has 4 nitrogen and oxygen atoms in total. The molecule has 1 fully saturated rings. The molecule has 1 aliphatic carbocycles. The van der Waals surface area contributed by atoms with Crippen molar-refractivity contribution in [3.05, 3.63) is 0 Å². The molecule has 4 heteroatoms. The van der Waals surface area contributed by atoms with Crippen molar-refractivity contribution in [2.24, 2.45) is 17.4 Å². The van der Waals surface area contributed by atoms with Crippen LogP contribution < -0.4 is 11.5 Å². The summed E-state index contributed by atoms with van der Waals surface area (Å²) >= 11 is 0. The Morgan fingerprint density at radius 3 is 2.60 bits per heavy atom. The zero-order valence-electron chi connectivity index (χ0n) is 5.66. The molecule has 1 saturated carbocycles. The van der Waals surface area contributed by atoms with E-state index < -0.39 is 12.0 Å². The summed E-state index contributed by atoms with van der Waals surface area (Å²) < 4.78 is 0. The van der Waals surface area contributed by atoms with Gasteiger partial charge in [-0.25, -0.2) is 0 Å². The monoisotopic (exact) mass is 144 g/mol. The third-order valence-corrected chi connectivity index (χ3v) is 1.85. The van der Waals surface area contributed by atoms with Gasteiger partial charge in [-0.15, -0.1) is 0 Å². The van der Waals surface area contributed by atoms with E-state index in [0.717, 1.165) is 6.42 Å². The summed E-state index contributed by atoms with van der Waals surface area (Å²) in [7, 11) is 0. The Bertz CT molecular complexity index is 149. The summed E-state index contributed by atoms with van der Waals surface area (Å²) in [6.45, 7) is 0. The molecule has 1 aliphatic rings. The number of aliphatic carboxylic acids is 1. The van der Waals surface area contributed by atoms with Crippen LogP contribution in [0.2, 0.25) is 0 Å². The van der Waals surface area contributed by atoms with Crippen molar-refractivity contribution in [3.63, 3.8) is 0 Å². The van der Waals surface area contributed by atoms with Gasteiger partial charge in [0.05, 0.1) is 0 Å². The zero-order chi connectivity index (χ0) is 7.72. The summed E-state index contributed by atoms with van der Waals surface area (Å²) in [6.07, 6.45) is 1.46. The number of carboxylic acid groups (broad SMARTS) is 1. The first-order valence-electron chi connectivity index (χ1n) is 3.35. The Kier molecular flexibility index (Phi) is 1.92. The van der Waals surface area contributed by atoms with Crippen molar-refractivity contribution in [1.82, 2.24) is 0 Å². The second-order valence-electron chi connectivity index (χ2n) is 2.84. The van der Waals surface area contributed by atoms with Crippen molar-refractivity contribution in [1.29, 1.82) is 0 Å². The lowest BCUT2D eigenvalue weighted by atomic mass is 10.1. The van der Waals surface area contributed by atoms with Crippen LogP contribution >= 0.6 is 0 Å². The molecule has 0 spiro atoms. The van der Waals surface area contributed by atoms with Crippen molar-refractivity contribution < 1.29 is 9.90 Å². The van der Waals surface area contributed by atoms with E-state index in [1.165, 1.54) is 0 Å². The number of hydrogen-bond acceptors (Lipinski definition) is 3. The Hall–Kier alpha value is -0.610. The van der Waals surface area contributed by atoms with E-state index in [1.807, 2.05) is 0 Å². The van der Waals surface area contributed by atoms with Gasteiger partial charge in [-0.1, -0.05) is 0 Å². The molecule has 0 unspecified atom stereocenters. The fraction of sp³-hybridized carbons (Fsp3) is 0.833. The predicted octanol–water partition coefficient (Wildman–Crippen LogP) is -0.864. The maximum Gasteiger partial charge on any atom is 0.320 e. The summed E-state index contributed by atoms with van der Waals surface area (Å²) in [5.74, 6) is -0.579. The van der Waals surface area contributed by atoms with Crippen LogP contribution in [0.4, 0.5) is 0 Å². The fourth-order valence-corrected chi connectivity index (χ4v) is 0.969. The number of rotatable bonds is 3. The second-order valence-corrected chi connectivity index (χ2v) is 2.84. The highest BCUT2D eigenvalue weighted by molar-refractivity contribution is 5.73. The van der Waals surface area contributed by atoms with E-state index in [2.05, 4.69) is 0 Å². The van der Waals surface area contributed by atoms with Crippen LogP contribution in [0.25, 0.3) is 0 Å². The highest BCUT2D eigenvalue weighted by Gasteiger charge is 2.35. The van der Waals surface area contributed by atoms with Crippen LogP contribution in [-0.4, -0.2) is 23.2 Å². The molecule has 5 N–H and O–H groups in total. The molecule has 3 atom stereocenters. The molecule has 0 radical (unpaired) electrons. The average Bonchev–Trinajstić information content (AvgIpc) is 2.46. The first kappa shape index (κ1) is 7.50. The average molecular weight is 144 g/mol. The van der Waals surface area contributed by atoms with E-state index in [4.69, 9.17) is 16.6 Å². The first-order valence-corrected chi connectivity index (χ1v) is 3.35. The molecular weight excluding hydrogens is 132 g/mol. The molecule has 0 aromatic carbocycles. The molecule has 0 saturated heterocycles. The quantitative estimate of drug-likeness (QED) is 0.480. The van der Waals surface area contributed by atoms with E-state index in [0.29, 0.717) is 12.3 Å². The van der Waals surface area contributed by atoms with Crippen molar-refractivity contribution in [2.45, 2.75) is 24.9 Å². The van der Waals surface area contributed by atoms with Gasteiger partial charge in [-0.2, -0.15) is 0 Å². The Balaban J connectivity index is 2.19. The van der Waals surface area contributed by atoms with Crippen LogP contribution in [0.5, 0.6) is 0 Å². The normalized spacial score (nSPS) is 33.4. The topological polar surface area (TPSA) is 89.3 Å². The molecule has 10 heavy (non-hydrogen) atoms. The summed E-state index contributed by atoms with van der Waals surface area (Å²) in [6, 6.07) is -0.524. The molecule has 0 aromatic heterocycles. The standard InChI is InChI=1S/C6H12N2O2/c7-4-1-3(4)2-5(8)6(9)10/h3-5H,1-2,7-8H2,(H,9,10)/t3-,4+,5-/m0/s1. The van der Waals surface area contributed by atoms with Gasteiger partial charge in [-0.3, -0.25) is 4.79 Å². The first-order chi connectivity index (χ1) is 4.61. The Labute approximate surface area is 59.2 Å². The number of carbonyl (C=O) groups is 1. The minimum absolute atomic E-state index is 0.199. The van der Waals surface area contributed by atoms with Crippen molar-refractivity contribution in [2.75, 3.05) is 0 Å². The SMILES string of the molecule is N[C@@H]1C[C@H]1C[C@H](N)C(=O)O. The second kappa shape index (κ2) is 2.56. The van der Waals surface area contributed by atoms with Crippen LogP contribution in [0.1, 0.15) is 12.8 Å².